The SMILES string of the molecule is CCCc1nc(NN)c(C)c(OCCN(C)C)n1. The average molecular weight is 253 g/mol. The van der Waals surface area contributed by atoms with Crippen LogP contribution in [0.25, 0.3) is 0 Å². The first-order chi connectivity index (χ1) is 8.58. The summed E-state index contributed by atoms with van der Waals surface area (Å²) in [5.41, 5.74) is 3.44. The van der Waals surface area contributed by atoms with Gasteiger partial charge < -0.3 is 15.1 Å². The topological polar surface area (TPSA) is 76.3 Å². The van der Waals surface area contributed by atoms with Crippen molar-refractivity contribution in [2.45, 2.75) is 26.7 Å². The molecule has 6 heteroatoms. The first-order valence-electron chi connectivity index (χ1n) is 6.20. The Balaban J connectivity index is 2.83. The number of nitrogens with zero attached hydrogens (tertiary/aromatic N) is 3. The summed E-state index contributed by atoms with van der Waals surface area (Å²) in [4.78, 5) is 10.8. The third-order valence-corrected chi connectivity index (χ3v) is 2.54. The second-order valence-electron chi connectivity index (χ2n) is 4.46. The van der Waals surface area contributed by atoms with Gasteiger partial charge in [0.15, 0.2) is 0 Å². The highest BCUT2D eigenvalue weighted by Crippen LogP contribution is 2.21. The number of aryl methyl sites for hydroxylation is 1. The Morgan fingerprint density at radius 3 is 2.61 bits per heavy atom. The van der Waals surface area contributed by atoms with Crippen molar-refractivity contribution in [3.63, 3.8) is 0 Å². The number of nitrogens with one attached hydrogen (secondary N) is 1. The molecule has 0 aliphatic rings. The van der Waals surface area contributed by atoms with E-state index >= 15 is 0 Å². The van der Waals surface area contributed by atoms with E-state index in [1.807, 2.05) is 21.0 Å². The summed E-state index contributed by atoms with van der Waals surface area (Å²) < 4.78 is 5.69. The highest BCUT2D eigenvalue weighted by molar-refractivity contribution is 5.47. The molecule has 0 bridgehead atoms. The van der Waals surface area contributed by atoms with Gasteiger partial charge in [0.1, 0.15) is 18.2 Å². The van der Waals surface area contributed by atoms with Gasteiger partial charge >= 0.3 is 0 Å². The van der Waals surface area contributed by atoms with Gasteiger partial charge in [-0.3, -0.25) is 0 Å². The third kappa shape index (κ3) is 4.12. The van der Waals surface area contributed by atoms with Crippen molar-refractivity contribution in [3.05, 3.63) is 11.4 Å². The van der Waals surface area contributed by atoms with Crippen LogP contribution < -0.4 is 16.0 Å². The van der Waals surface area contributed by atoms with Gasteiger partial charge in [-0.05, 0) is 27.4 Å². The minimum Gasteiger partial charge on any atom is -0.476 e. The smallest absolute Gasteiger partial charge is 0.221 e. The fraction of sp³-hybridized carbons (Fsp3) is 0.667. The molecule has 0 aromatic carbocycles. The normalized spacial score (nSPS) is 10.8. The number of likely N-dealkylation sites (N-methyl/N-ethyl adjacent to an activating group) is 1. The van der Waals surface area contributed by atoms with E-state index in [1.165, 1.54) is 0 Å². The molecule has 1 aromatic rings. The Bertz CT molecular complexity index is 381. The van der Waals surface area contributed by atoms with Crippen LogP contribution in [0.5, 0.6) is 5.88 Å². The minimum absolute atomic E-state index is 0.598. The second kappa shape index (κ2) is 7.13. The zero-order valence-corrected chi connectivity index (χ0v) is 11.7. The molecule has 0 aliphatic carbocycles. The minimum atomic E-state index is 0.598. The van der Waals surface area contributed by atoms with Gasteiger partial charge in [0.2, 0.25) is 5.88 Å². The Labute approximate surface area is 109 Å². The lowest BCUT2D eigenvalue weighted by Crippen LogP contribution is -2.21. The zero-order chi connectivity index (χ0) is 13.5. The monoisotopic (exact) mass is 253 g/mol. The fourth-order valence-electron chi connectivity index (χ4n) is 1.48. The molecule has 0 amide bonds. The number of nitrogens with two attached hydrogens (primary N) is 1. The van der Waals surface area contributed by atoms with Crippen molar-refractivity contribution in [3.8, 4) is 5.88 Å². The molecule has 0 atom stereocenters. The van der Waals surface area contributed by atoms with E-state index in [1.54, 1.807) is 0 Å². The molecular formula is C12H23N5O. The maximum atomic E-state index is 5.69. The van der Waals surface area contributed by atoms with Crippen LogP contribution in [0.4, 0.5) is 5.82 Å². The van der Waals surface area contributed by atoms with E-state index < -0.39 is 0 Å². The molecule has 6 nitrogen and oxygen atoms in total. The Morgan fingerprint density at radius 2 is 2.06 bits per heavy atom. The quantitative estimate of drug-likeness (QED) is 0.557. The Kier molecular flexibility index (Phi) is 5.80. The molecule has 102 valence electrons. The molecule has 0 aliphatic heterocycles. The third-order valence-electron chi connectivity index (χ3n) is 2.54. The fourth-order valence-corrected chi connectivity index (χ4v) is 1.48. The summed E-state index contributed by atoms with van der Waals surface area (Å²) in [7, 11) is 4.01. The number of anilines is 1. The van der Waals surface area contributed by atoms with E-state index in [9.17, 15) is 0 Å². The molecule has 0 fully saturated rings. The first-order valence-corrected chi connectivity index (χ1v) is 6.20. The van der Waals surface area contributed by atoms with E-state index in [2.05, 4.69) is 27.2 Å². The molecule has 1 rings (SSSR count). The summed E-state index contributed by atoms with van der Waals surface area (Å²) in [5.74, 6) is 7.46. The summed E-state index contributed by atoms with van der Waals surface area (Å²) in [5, 5.41) is 0. The van der Waals surface area contributed by atoms with Crippen LogP contribution in [0.2, 0.25) is 0 Å². The standard InChI is InChI=1S/C12H23N5O/c1-5-6-10-14-11(16-13)9(2)12(15-10)18-8-7-17(3)4/h5-8,13H2,1-4H3,(H,14,15,16). The number of nitrogen functional groups attached to an aromatic ring is 1. The van der Waals surface area contributed by atoms with E-state index in [0.29, 0.717) is 18.3 Å². The molecule has 18 heavy (non-hydrogen) atoms. The van der Waals surface area contributed by atoms with E-state index in [4.69, 9.17) is 10.6 Å². The second-order valence-corrected chi connectivity index (χ2v) is 4.46. The van der Waals surface area contributed by atoms with Crippen molar-refractivity contribution in [1.82, 2.24) is 14.9 Å². The van der Waals surface area contributed by atoms with Gasteiger partial charge in [0.05, 0.1) is 5.56 Å². The van der Waals surface area contributed by atoms with Crippen LogP contribution >= 0.6 is 0 Å². The lowest BCUT2D eigenvalue weighted by atomic mass is 10.3. The molecule has 0 saturated heterocycles. The van der Waals surface area contributed by atoms with Crippen molar-refractivity contribution >= 4 is 5.82 Å². The van der Waals surface area contributed by atoms with Gasteiger partial charge in [0, 0.05) is 13.0 Å². The number of aromatic nitrogens is 2. The first kappa shape index (κ1) is 14.7. The van der Waals surface area contributed by atoms with E-state index in [0.717, 1.165) is 30.8 Å². The van der Waals surface area contributed by atoms with Gasteiger partial charge in [0.25, 0.3) is 0 Å². The highest BCUT2D eigenvalue weighted by atomic mass is 16.5. The molecule has 0 radical (unpaired) electrons. The molecule has 0 saturated carbocycles. The largest absolute Gasteiger partial charge is 0.476 e. The van der Waals surface area contributed by atoms with Gasteiger partial charge in [-0.15, -0.1) is 0 Å². The van der Waals surface area contributed by atoms with E-state index in [-0.39, 0.29) is 0 Å². The molecular weight excluding hydrogens is 230 g/mol. The number of rotatable bonds is 7. The van der Waals surface area contributed by atoms with Crippen molar-refractivity contribution in [2.75, 3.05) is 32.7 Å². The summed E-state index contributed by atoms with van der Waals surface area (Å²) in [6, 6.07) is 0. The van der Waals surface area contributed by atoms with Gasteiger partial charge in [-0.25, -0.2) is 10.8 Å². The van der Waals surface area contributed by atoms with Crippen LogP contribution in [0.15, 0.2) is 0 Å². The zero-order valence-electron chi connectivity index (χ0n) is 11.7. The maximum Gasteiger partial charge on any atom is 0.221 e. The van der Waals surface area contributed by atoms with Crippen molar-refractivity contribution in [2.24, 2.45) is 5.84 Å². The van der Waals surface area contributed by atoms with Crippen LogP contribution in [0.3, 0.4) is 0 Å². The number of hydrazine groups is 1. The predicted molar refractivity (Wildman–Crippen MR) is 72.6 cm³/mol. The van der Waals surface area contributed by atoms with Crippen LogP contribution in [0.1, 0.15) is 24.7 Å². The van der Waals surface area contributed by atoms with Gasteiger partial charge in [-0.2, -0.15) is 4.98 Å². The van der Waals surface area contributed by atoms with Crippen LogP contribution in [-0.4, -0.2) is 42.1 Å². The number of ether oxygens (including phenoxy) is 1. The van der Waals surface area contributed by atoms with Crippen molar-refractivity contribution < 1.29 is 4.74 Å². The summed E-state index contributed by atoms with van der Waals surface area (Å²) >= 11 is 0. The number of hydrogen-bond donors (Lipinski definition) is 2. The van der Waals surface area contributed by atoms with Crippen molar-refractivity contribution in [1.29, 1.82) is 0 Å². The molecule has 3 N–H and O–H groups in total. The summed E-state index contributed by atoms with van der Waals surface area (Å²) in [6.45, 7) is 5.43. The lowest BCUT2D eigenvalue weighted by Gasteiger charge is -2.14. The maximum absolute atomic E-state index is 5.69. The molecule has 1 heterocycles. The Morgan fingerprint density at radius 1 is 1.33 bits per heavy atom. The van der Waals surface area contributed by atoms with Crippen LogP contribution in [-0.2, 0) is 6.42 Å². The highest BCUT2D eigenvalue weighted by Gasteiger charge is 2.11. The molecule has 1 aromatic heterocycles. The Hall–Kier alpha value is -1.40. The lowest BCUT2D eigenvalue weighted by molar-refractivity contribution is 0.251. The molecule has 0 spiro atoms. The number of hydrogen-bond acceptors (Lipinski definition) is 6. The summed E-state index contributed by atoms with van der Waals surface area (Å²) in [6.07, 6.45) is 1.81. The van der Waals surface area contributed by atoms with Crippen LogP contribution in [0, 0.1) is 6.92 Å². The predicted octanol–water partition coefficient (Wildman–Crippen LogP) is 0.964. The molecule has 0 unspecified atom stereocenters. The average Bonchev–Trinajstić information content (AvgIpc) is 2.32. The van der Waals surface area contributed by atoms with Gasteiger partial charge in [-0.1, -0.05) is 6.92 Å².